The van der Waals surface area contributed by atoms with Gasteiger partial charge in [-0.25, -0.2) is 4.79 Å². The number of amides is 1. The summed E-state index contributed by atoms with van der Waals surface area (Å²) in [5, 5.41) is 13.6. The largest absolute Gasteiger partial charge is 0.481 e. The first-order valence-corrected chi connectivity index (χ1v) is 11.3. The molecule has 2 aliphatic carbocycles. The molecule has 2 fully saturated rings. The van der Waals surface area contributed by atoms with Gasteiger partial charge < -0.3 is 14.4 Å². The van der Waals surface area contributed by atoms with Crippen LogP contribution in [0.25, 0.3) is 22.5 Å². The molecular weight excluding hydrogens is 420 g/mol. The first-order chi connectivity index (χ1) is 15.9. The number of benzene rings is 2. The normalized spacial score (nSPS) is 16.3. The Bertz CT molecular complexity index is 1190. The fraction of sp³-hybridized carbons (Fsp3) is 0.346. The van der Waals surface area contributed by atoms with Crippen molar-refractivity contribution in [2.75, 3.05) is 11.5 Å². The van der Waals surface area contributed by atoms with Gasteiger partial charge in [-0.15, -0.1) is 0 Å². The molecular formula is C26H26N2O5. The first kappa shape index (κ1) is 21.2. The smallest absolute Gasteiger partial charge is 0.414 e. The van der Waals surface area contributed by atoms with E-state index >= 15 is 0 Å². The van der Waals surface area contributed by atoms with Crippen LogP contribution in [0.4, 0.5) is 10.5 Å². The number of rotatable bonds is 7. The molecule has 170 valence electrons. The Morgan fingerprint density at radius 3 is 2.15 bits per heavy atom. The summed E-state index contributed by atoms with van der Waals surface area (Å²) >= 11 is 0. The minimum Gasteiger partial charge on any atom is -0.481 e. The Morgan fingerprint density at radius 1 is 1.06 bits per heavy atom. The van der Waals surface area contributed by atoms with Crippen LogP contribution in [0.5, 0.6) is 0 Å². The topological polar surface area (TPSA) is 92.9 Å². The van der Waals surface area contributed by atoms with E-state index in [9.17, 15) is 14.7 Å². The van der Waals surface area contributed by atoms with E-state index in [0.717, 1.165) is 35.1 Å². The average molecular weight is 447 g/mol. The lowest BCUT2D eigenvalue weighted by Gasteiger charge is -2.21. The number of carbonyl (C=O) groups is 2. The maximum absolute atomic E-state index is 12.6. The highest BCUT2D eigenvalue weighted by molar-refractivity contribution is 5.94. The number of anilines is 1. The minimum absolute atomic E-state index is 0.110. The molecule has 3 aromatic rings. The number of aryl methyl sites for hydroxylation is 1. The monoisotopic (exact) mass is 446 g/mol. The molecule has 0 atom stereocenters. The van der Waals surface area contributed by atoms with E-state index in [1.54, 1.807) is 11.8 Å². The van der Waals surface area contributed by atoms with Gasteiger partial charge in [0.05, 0.1) is 12.0 Å². The van der Waals surface area contributed by atoms with E-state index in [4.69, 9.17) is 9.26 Å². The number of aliphatic carboxylic acids is 1. The molecule has 5 rings (SSSR count). The van der Waals surface area contributed by atoms with Gasteiger partial charge in [0.25, 0.3) is 0 Å². The molecule has 2 aliphatic rings. The molecule has 1 aromatic heterocycles. The van der Waals surface area contributed by atoms with Gasteiger partial charge in [0, 0.05) is 11.6 Å². The number of carboxylic acid groups (broad SMARTS) is 1. The third kappa shape index (κ3) is 3.77. The number of hydrogen-bond acceptors (Lipinski definition) is 5. The van der Waals surface area contributed by atoms with Crippen molar-refractivity contribution in [1.29, 1.82) is 0 Å². The molecule has 0 spiro atoms. The summed E-state index contributed by atoms with van der Waals surface area (Å²) in [5.41, 5.74) is 4.31. The highest BCUT2D eigenvalue weighted by atomic mass is 16.6. The summed E-state index contributed by atoms with van der Waals surface area (Å²) in [4.78, 5) is 25.9. The Hall–Kier alpha value is -3.61. The van der Waals surface area contributed by atoms with Crippen molar-refractivity contribution in [2.24, 2.45) is 0 Å². The van der Waals surface area contributed by atoms with Gasteiger partial charge in [-0.1, -0.05) is 53.7 Å². The summed E-state index contributed by atoms with van der Waals surface area (Å²) < 4.78 is 10.9. The van der Waals surface area contributed by atoms with Gasteiger partial charge in [0.2, 0.25) is 0 Å². The number of ether oxygens (including phenoxy) is 1. The predicted octanol–water partition coefficient (Wildman–Crippen LogP) is 5.56. The van der Waals surface area contributed by atoms with Crippen LogP contribution in [0.1, 0.15) is 43.9 Å². The highest BCUT2D eigenvalue weighted by Gasteiger charge is 2.51. The second-order valence-corrected chi connectivity index (χ2v) is 8.79. The molecule has 2 aromatic carbocycles. The van der Waals surface area contributed by atoms with E-state index in [1.165, 1.54) is 0 Å². The van der Waals surface area contributed by atoms with Gasteiger partial charge in [-0.2, -0.15) is 0 Å². The van der Waals surface area contributed by atoms with Gasteiger partial charge in [-0.3, -0.25) is 9.69 Å². The Labute approximate surface area is 192 Å². The lowest BCUT2D eigenvalue weighted by molar-refractivity contribution is -0.140. The van der Waals surface area contributed by atoms with E-state index in [2.05, 4.69) is 5.16 Å². The summed E-state index contributed by atoms with van der Waals surface area (Å²) in [7, 11) is 0. The number of hydrogen-bond donors (Lipinski definition) is 1. The minimum atomic E-state index is -0.749. The summed E-state index contributed by atoms with van der Waals surface area (Å²) in [6.45, 7) is 3.93. The quantitative estimate of drug-likeness (QED) is 0.511. The fourth-order valence-corrected chi connectivity index (χ4v) is 4.33. The zero-order valence-corrected chi connectivity index (χ0v) is 18.7. The first-order valence-electron chi connectivity index (χ1n) is 11.3. The molecule has 0 bridgehead atoms. The van der Waals surface area contributed by atoms with Gasteiger partial charge in [0.1, 0.15) is 11.4 Å². The zero-order chi connectivity index (χ0) is 23.2. The molecule has 0 unspecified atom stereocenters. The molecule has 0 aliphatic heterocycles. The zero-order valence-electron chi connectivity index (χ0n) is 18.7. The molecule has 0 saturated heterocycles. The number of nitrogens with zero attached hydrogens (tertiary/aromatic N) is 2. The third-order valence-electron chi connectivity index (χ3n) is 6.53. The van der Waals surface area contributed by atoms with Crippen LogP contribution >= 0.6 is 0 Å². The van der Waals surface area contributed by atoms with Gasteiger partial charge >= 0.3 is 12.1 Å². The standard InChI is InChI=1S/C26H26N2O5/c1-3-32-25(31)28(21-12-13-21)22-16(2)27-33-23(22)19-6-4-17(5-7-19)18-8-10-20(11-9-18)26(14-15-26)24(29)30/h4-11,21H,3,12-15H2,1-2H3,(H,29,30). The number of carbonyl (C=O) groups excluding carboxylic acids is 1. The van der Waals surface area contributed by atoms with Crippen molar-refractivity contribution in [1.82, 2.24) is 5.16 Å². The molecule has 7 heteroatoms. The molecule has 1 amide bonds. The predicted molar refractivity (Wildman–Crippen MR) is 123 cm³/mol. The summed E-state index contributed by atoms with van der Waals surface area (Å²) in [6, 6.07) is 15.7. The van der Waals surface area contributed by atoms with Crippen molar-refractivity contribution in [3.05, 3.63) is 59.8 Å². The second kappa shape index (κ2) is 8.06. The van der Waals surface area contributed by atoms with Crippen LogP contribution in [0.2, 0.25) is 0 Å². The Morgan fingerprint density at radius 2 is 1.64 bits per heavy atom. The molecule has 0 radical (unpaired) electrons. The molecule has 1 heterocycles. The molecule has 1 N–H and O–H groups in total. The second-order valence-electron chi connectivity index (χ2n) is 8.79. The number of carboxylic acids is 1. The highest BCUT2D eigenvalue weighted by Crippen LogP contribution is 2.48. The van der Waals surface area contributed by atoms with Crippen LogP contribution < -0.4 is 4.90 Å². The average Bonchev–Trinajstić information content (AvgIpc) is 3.74. The van der Waals surface area contributed by atoms with E-state index in [1.807, 2.05) is 55.5 Å². The van der Waals surface area contributed by atoms with E-state index in [-0.39, 0.29) is 12.1 Å². The van der Waals surface area contributed by atoms with Crippen LogP contribution in [-0.2, 0) is 14.9 Å². The molecule has 2 saturated carbocycles. The lowest BCUT2D eigenvalue weighted by Crippen LogP contribution is -2.34. The van der Waals surface area contributed by atoms with Crippen LogP contribution in [0, 0.1) is 6.92 Å². The maximum atomic E-state index is 12.6. The van der Waals surface area contributed by atoms with Crippen molar-refractivity contribution < 1.29 is 24.0 Å². The Kier molecular flexibility index (Phi) is 5.19. The number of aromatic nitrogens is 1. The van der Waals surface area contributed by atoms with Crippen LogP contribution in [0.3, 0.4) is 0 Å². The van der Waals surface area contributed by atoms with Gasteiger partial charge in [0.15, 0.2) is 5.76 Å². The van der Waals surface area contributed by atoms with E-state index in [0.29, 0.717) is 36.6 Å². The third-order valence-corrected chi connectivity index (χ3v) is 6.53. The maximum Gasteiger partial charge on any atom is 0.414 e. The summed E-state index contributed by atoms with van der Waals surface area (Å²) in [6.07, 6.45) is 2.87. The molecule has 33 heavy (non-hydrogen) atoms. The van der Waals surface area contributed by atoms with Gasteiger partial charge in [-0.05, 0) is 56.2 Å². The van der Waals surface area contributed by atoms with Crippen LogP contribution in [0.15, 0.2) is 53.1 Å². The molecule has 7 nitrogen and oxygen atoms in total. The fourth-order valence-electron chi connectivity index (χ4n) is 4.33. The van der Waals surface area contributed by atoms with Crippen molar-refractivity contribution in [3.8, 4) is 22.5 Å². The SMILES string of the molecule is CCOC(=O)N(c1c(C)noc1-c1ccc(-c2ccc(C3(C(=O)O)CC3)cc2)cc1)C1CC1. The lowest BCUT2D eigenvalue weighted by atomic mass is 9.93. The van der Waals surface area contributed by atoms with Crippen LogP contribution in [-0.4, -0.2) is 35.0 Å². The van der Waals surface area contributed by atoms with Crippen molar-refractivity contribution >= 4 is 17.7 Å². The Balaban J connectivity index is 1.42. The van der Waals surface area contributed by atoms with E-state index < -0.39 is 11.4 Å². The van der Waals surface area contributed by atoms with Crippen molar-refractivity contribution in [3.63, 3.8) is 0 Å². The van der Waals surface area contributed by atoms with Crippen molar-refractivity contribution in [2.45, 2.75) is 51.0 Å². The summed E-state index contributed by atoms with van der Waals surface area (Å²) in [5.74, 6) is -0.202.